The Kier molecular flexibility index (Phi) is 7.27. The average molecular weight is 388 g/mol. The molecule has 2 aromatic rings. The minimum Gasteiger partial charge on any atom is -0.344 e. The number of hydrogen-bond donors (Lipinski definition) is 1. The highest BCUT2D eigenvalue weighted by Crippen LogP contribution is 2.17. The molecule has 6 nitrogen and oxygen atoms in total. The molecule has 0 fully saturated rings. The molecule has 0 aliphatic carbocycles. The van der Waals surface area contributed by atoms with Crippen LogP contribution in [0.4, 0.5) is 0 Å². The lowest BCUT2D eigenvalue weighted by Crippen LogP contribution is -2.30. The normalized spacial score (nSPS) is 13.0. The molecule has 7 heteroatoms. The summed E-state index contributed by atoms with van der Waals surface area (Å²) in [6, 6.07) is 11.8. The molecule has 1 aromatic carbocycles. The number of aromatic nitrogens is 1. The van der Waals surface area contributed by atoms with E-state index in [1.54, 1.807) is 36.5 Å². The smallest absolute Gasteiger partial charge is 0.244 e. The van der Waals surface area contributed by atoms with Gasteiger partial charge in [-0.05, 0) is 42.8 Å². The number of nitrogens with one attached hydrogen (secondary N) is 1. The minimum absolute atomic E-state index is 0.204. The first kappa shape index (κ1) is 20.8. The van der Waals surface area contributed by atoms with Gasteiger partial charge in [-0.25, -0.2) is 8.42 Å². The van der Waals surface area contributed by atoms with Gasteiger partial charge in [0.25, 0.3) is 0 Å². The van der Waals surface area contributed by atoms with Crippen LogP contribution in [0.3, 0.4) is 0 Å². The molecular weight excluding hydrogens is 362 g/mol. The fraction of sp³-hybridized carbons (Fsp3) is 0.300. The molecule has 0 saturated heterocycles. The summed E-state index contributed by atoms with van der Waals surface area (Å²) in [6.45, 7) is 6.33. The first-order chi connectivity index (χ1) is 12.9. The van der Waals surface area contributed by atoms with Crippen LogP contribution in [0.1, 0.15) is 38.1 Å². The van der Waals surface area contributed by atoms with Gasteiger partial charge in [-0.2, -0.15) is 4.31 Å². The van der Waals surface area contributed by atoms with Crippen molar-refractivity contribution >= 4 is 22.0 Å². The summed E-state index contributed by atoms with van der Waals surface area (Å²) in [5.41, 5.74) is 1.53. The van der Waals surface area contributed by atoms with Crippen molar-refractivity contribution in [3.05, 3.63) is 66.0 Å². The number of rotatable bonds is 8. The summed E-state index contributed by atoms with van der Waals surface area (Å²) in [4.78, 5) is 16.5. The van der Waals surface area contributed by atoms with Gasteiger partial charge in [0, 0.05) is 25.4 Å². The Balaban J connectivity index is 2.02. The van der Waals surface area contributed by atoms with E-state index in [1.807, 2.05) is 39.0 Å². The number of benzene rings is 1. The van der Waals surface area contributed by atoms with E-state index in [0.717, 1.165) is 11.3 Å². The molecule has 1 atom stereocenters. The standard InChI is InChI=1S/C20H25N3O3S/c1-4-23(5-2)27(25,26)18-12-9-17(10-13-18)11-14-20(24)22-16(3)19-8-6-7-15-21-19/h6-16H,4-5H2,1-3H3,(H,22,24)/b14-11+. The third kappa shape index (κ3) is 5.48. The van der Waals surface area contributed by atoms with Crippen molar-refractivity contribution in [3.8, 4) is 0 Å². The number of hydrogen-bond acceptors (Lipinski definition) is 4. The van der Waals surface area contributed by atoms with Crippen molar-refractivity contribution in [1.29, 1.82) is 0 Å². The van der Waals surface area contributed by atoms with E-state index < -0.39 is 10.0 Å². The average Bonchev–Trinajstić information content (AvgIpc) is 2.68. The quantitative estimate of drug-likeness (QED) is 0.706. The molecule has 144 valence electrons. The summed E-state index contributed by atoms with van der Waals surface area (Å²) < 4.78 is 26.3. The summed E-state index contributed by atoms with van der Waals surface area (Å²) in [5, 5.41) is 2.84. The molecule has 0 aliphatic heterocycles. The van der Waals surface area contributed by atoms with Gasteiger partial charge in [-0.15, -0.1) is 0 Å². The molecule has 1 amide bonds. The molecule has 0 radical (unpaired) electrons. The highest BCUT2D eigenvalue weighted by molar-refractivity contribution is 7.89. The van der Waals surface area contributed by atoms with Crippen LogP contribution in [0.15, 0.2) is 59.6 Å². The Hall–Kier alpha value is -2.51. The molecule has 0 saturated carbocycles. The van der Waals surface area contributed by atoms with Crippen molar-refractivity contribution in [2.75, 3.05) is 13.1 Å². The van der Waals surface area contributed by atoms with Crippen LogP contribution in [0.5, 0.6) is 0 Å². The van der Waals surface area contributed by atoms with Crippen molar-refractivity contribution in [2.24, 2.45) is 0 Å². The zero-order valence-electron chi connectivity index (χ0n) is 15.8. The van der Waals surface area contributed by atoms with Gasteiger partial charge in [0.1, 0.15) is 0 Å². The fourth-order valence-electron chi connectivity index (χ4n) is 2.60. The number of pyridine rings is 1. The lowest BCUT2D eigenvalue weighted by molar-refractivity contribution is -0.117. The molecule has 1 aromatic heterocycles. The molecular formula is C20H25N3O3S. The highest BCUT2D eigenvalue weighted by Gasteiger charge is 2.20. The SMILES string of the molecule is CCN(CC)S(=O)(=O)c1ccc(/C=C/C(=O)NC(C)c2ccccn2)cc1. The van der Waals surface area contributed by atoms with Gasteiger partial charge in [0.2, 0.25) is 15.9 Å². The number of amides is 1. The zero-order chi connectivity index (χ0) is 19.9. The summed E-state index contributed by atoms with van der Waals surface area (Å²) in [7, 11) is -3.47. The van der Waals surface area contributed by atoms with E-state index in [9.17, 15) is 13.2 Å². The molecule has 1 N–H and O–H groups in total. The lowest BCUT2D eigenvalue weighted by Gasteiger charge is -2.18. The van der Waals surface area contributed by atoms with Crippen LogP contribution in [-0.4, -0.2) is 36.7 Å². The van der Waals surface area contributed by atoms with Crippen LogP contribution < -0.4 is 5.32 Å². The third-order valence-corrected chi connectivity index (χ3v) is 6.20. The maximum absolute atomic E-state index is 12.5. The zero-order valence-corrected chi connectivity index (χ0v) is 16.6. The summed E-state index contributed by atoms with van der Waals surface area (Å²) in [6.07, 6.45) is 4.75. The topological polar surface area (TPSA) is 79.4 Å². The fourth-order valence-corrected chi connectivity index (χ4v) is 4.06. The van der Waals surface area contributed by atoms with E-state index in [-0.39, 0.29) is 16.8 Å². The van der Waals surface area contributed by atoms with Crippen LogP contribution in [0.2, 0.25) is 0 Å². The Morgan fingerprint density at radius 2 is 1.81 bits per heavy atom. The van der Waals surface area contributed by atoms with Gasteiger partial charge in [0.05, 0.1) is 16.6 Å². The Morgan fingerprint density at radius 3 is 2.37 bits per heavy atom. The molecule has 1 unspecified atom stereocenters. The largest absolute Gasteiger partial charge is 0.344 e. The van der Waals surface area contributed by atoms with Crippen LogP contribution in [-0.2, 0) is 14.8 Å². The lowest BCUT2D eigenvalue weighted by atomic mass is 10.2. The van der Waals surface area contributed by atoms with Crippen molar-refractivity contribution < 1.29 is 13.2 Å². The highest BCUT2D eigenvalue weighted by atomic mass is 32.2. The third-order valence-electron chi connectivity index (χ3n) is 4.14. The van der Waals surface area contributed by atoms with Gasteiger partial charge >= 0.3 is 0 Å². The first-order valence-electron chi connectivity index (χ1n) is 8.88. The molecule has 2 rings (SSSR count). The van der Waals surface area contributed by atoms with Crippen molar-refractivity contribution in [3.63, 3.8) is 0 Å². The van der Waals surface area contributed by atoms with E-state index >= 15 is 0 Å². The number of nitrogens with zero attached hydrogens (tertiary/aromatic N) is 2. The molecule has 0 bridgehead atoms. The predicted molar refractivity (Wildman–Crippen MR) is 106 cm³/mol. The summed E-state index contributed by atoms with van der Waals surface area (Å²) >= 11 is 0. The monoisotopic (exact) mass is 387 g/mol. The summed E-state index contributed by atoms with van der Waals surface area (Å²) in [5.74, 6) is -0.243. The Morgan fingerprint density at radius 1 is 1.15 bits per heavy atom. The van der Waals surface area contributed by atoms with Gasteiger partial charge in [-0.1, -0.05) is 32.0 Å². The van der Waals surface area contributed by atoms with E-state index in [0.29, 0.717) is 13.1 Å². The maximum Gasteiger partial charge on any atom is 0.244 e. The molecule has 27 heavy (non-hydrogen) atoms. The van der Waals surface area contributed by atoms with E-state index in [1.165, 1.54) is 10.4 Å². The van der Waals surface area contributed by atoms with Crippen molar-refractivity contribution in [1.82, 2.24) is 14.6 Å². The molecule has 0 aliphatic rings. The predicted octanol–water partition coefficient (Wildman–Crippen LogP) is 3.00. The van der Waals surface area contributed by atoms with Crippen LogP contribution >= 0.6 is 0 Å². The number of carbonyl (C=O) groups excluding carboxylic acids is 1. The first-order valence-corrected chi connectivity index (χ1v) is 10.3. The van der Waals surface area contributed by atoms with Gasteiger partial charge in [-0.3, -0.25) is 9.78 Å². The second kappa shape index (κ2) is 9.43. The second-order valence-corrected chi connectivity index (χ2v) is 7.91. The maximum atomic E-state index is 12.5. The second-order valence-electron chi connectivity index (χ2n) is 5.98. The van der Waals surface area contributed by atoms with Crippen LogP contribution in [0.25, 0.3) is 6.08 Å². The van der Waals surface area contributed by atoms with Gasteiger partial charge in [0.15, 0.2) is 0 Å². The van der Waals surface area contributed by atoms with E-state index in [4.69, 9.17) is 0 Å². The van der Waals surface area contributed by atoms with Crippen LogP contribution in [0, 0.1) is 0 Å². The van der Waals surface area contributed by atoms with E-state index in [2.05, 4.69) is 10.3 Å². The Labute approximate surface area is 161 Å². The number of sulfonamides is 1. The molecule has 1 heterocycles. The minimum atomic E-state index is -3.47. The number of carbonyl (C=O) groups is 1. The molecule has 0 spiro atoms. The van der Waals surface area contributed by atoms with Crippen molar-refractivity contribution in [2.45, 2.75) is 31.7 Å². The van der Waals surface area contributed by atoms with Gasteiger partial charge < -0.3 is 5.32 Å². The Bertz CT molecular complexity index is 874.